The fraction of sp³-hybridized carbons (Fsp3) is 0.385. The van der Waals surface area contributed by atoms with Gasteiger partial charge in [-0.05, 0) is 56.0 Å². The molecule has 6 nitrogen and oxygen atoms in total. The molecule has 1 N–H and O–H groups in total. The quantitative estimate of drug-likeness (QED) is 0.423. The molecular weight excluding hydrogens is 432 g/mol. The first-order valence-electron chi connectivity index (χ1n) is 11.5. The molecular formula is C26H28N4O2S. The SMILES string of the molecule is CCc1ccc(-n2c(SC(C)C(=O)NC3(C#N)CCCCC3)nc3ccccc3c2=O)cc1. The highest BCUT2D eigenvalue weighted by Crippen LogP contribution is 2.30. The summed E-state index contributed by atoms with van der Waals surface area (Å²) in [4.78, 5) is 31.2. The molecule has 0 spiro atoms. The van der Waals surface area contributed by atoms with Crippen LogP contribution in [0.5, 0.6) is 0 Å². The van der Waals surface area contributed by atoms with Gasteiger partial charge in [-0.1, -0.05) is 62.2 Å². The summed E-state index contributed by atoms with van der Waals surface area (Å²) in [5, 5.41) is 13.2. The molecule has 170 valence electrons. The van der Waals surface area contributed by atoms with Crippen LogP contribution in [-0.4, -0.2) is 26.2 Å². The molecule has 3 aromatic rings. The molecule has 1 aromatic heterocycles. The van der Waals surface area contributed by atoms with Crippen molar-refractivity contribution in [3.8, 4) is 11.8 Å². The molecule has 1 fully saturated rings. The molecule has 0 saturated heterocycles. The van der Waals surface area contributed by atoms with Crippen molar-refractivity contribution in [2.45, 2.75) is 68.3 Å². The van der Waals surface area contributed by atoms with Crippen molar-refractivity contribution in [1.82, 2.24) is 14.9 Å². The number of benzene rings is 2. The Morgan fingerprint density at radius 3 is 2.55 bits per heavy atom. The molecule has 1 saturated carbocycles. The summed E-state index contributed by atoms with van der Waals surface area (Å²) in [6.45, 7) is 3.88. The van der Waals surface area contributed by atoms with Gasteiger partial charge in [-0.3, -0.25) is 14.2 Å². The van der Waals surface area contributed by atoms with Crippen LogP contribution in [0, 0.1) is 11.3 Å². The van der Waals surface area contributed by atoms with Gasteiger partial charge in [-0.2, -0.15) is 5.26 Å². The van der Waals surface area contributed by atoms with Gasteiger partial charge in [-0.15, -0.1) is 0 Å². The molecule has 1 unspecified atom stereocenters. The second-order valence-corrected chi connectivity index (χ2v) is 9.88. The molecule has 33 heavy (non-hydrogen) atoms. The van der Waals surface area contributed by atoms with Crippen LogP contribution < -0.4 is 10.9 Å². The summed E-state index contributed by atoms with van der Waals surface area (Å²) in [6.07, 6.45) is 5.23. The van der Waals surface area contributed by atoms with Crippen molar-refractivity contribution in [3.05, 3.63) is 64.4 Å². The van der Waals surface area contributed by atoms with E-state index in [4.69, 9.17) is 4.98 Å². The maximum atomic E-state index is 13.4. The first-order chi connectivity index (χ1) is 16.0. The lowest BCUT2D eigenvalue weighted by Gasteiger charge is -2.32. The molecule has 0 aliphatic heterocycles. The minimum Gasteiger partial charge on any atom is -0.337 e. The van der Waals surface area contributed by atoms with E-state index < -0.39 is 10.8 Å². The van der Waals surface area contributed by atoms with Crippen LogP contribution in [0.25, 0.3) is 16.6 Å². The highest BCUT2D eigenvalue weighted by Gasteiger charge is 2.35. The molecule has 1 amide bonds. The number of nitrogens with one attached hydrogen (secondary N) is 1. The minimum atomic E-state index is -0.795. The Morgan fingerprint density at radius 2 is 1.88 bits per heavy atom. The normalized spacial score (nSPS) is 16.2. The number of aromatic nitrogens is 2. The van der Waals surface area contributed by atoms with Crippen molar-refractivity contribution < 1.29 is 4.79 Å². The van der Waals surface area contributed by atoms with E-state index in [9.17, 15) is 14.9 Å². The number of nitriles is 1. The maximum Gasteiger partial charge on any atom is 0.266 e. The van der Waals surface area contributed by atoms with Crippen LogP contribution >= 0.6 is 11.8 Å². The topological polar surface area (TPSA) is 87.8 Å². The molecule has 7 heteroatoms. The summed E-state index contributed by atoms with van der Waals surface area (Å²) >= 11 is 1.24. The number of nitrogens with zero attached hydrogens (tertiary/aromatic N) is 3. The van der Waals surface area contributed by atoms with Gasteiger partial charge >= 0.3 is 0 Å². The van der Waals surface area contributed by atoms with Gasteiger partial charge in [0.15, 0.2) is 5.16 Å². The average Bonchev–Trinajstić information content (AvgIpc) is 2.85. The zero-order chi connectivity index (χ0) is 23.4. The van der Waals surface area contributed by atoms with Gasteiger partial charge < -0.3 is 5.32 Å². The van der Waals surface area contributed by atoms with E-state index in [0.29, 0.717) is 34.6 Å². The van der Waals surface area contributed by atoms with Crippen molar-refractivity contribution in [2.75, 3.05) is 0 Å². The summed E-state index contributed by atoms with van der Waals surface area (Å²) in [5.41, 5.74) is 1.53. The van der Waals surface area contributed by atoms with Gasteiger partial charge in [0, 0.05) is 0 Å². The molecule has 1 heterocycles. The Bertz CT molecular complexity index is 1250. The first kappa shape index (κ1) is 23.1. The lowest BCUT2D eigenvalue weighted by atomic mass is 9.83. The third kappa shape index (κ3) is 4.81. The van der Waals surface area contributed by atoms with Gasteiger partial charge in [-0.25, -0.2) is 4.98 Å². The van der Waals surface area contributed by atoms with Crippen LogP contribution in [-0.2, 0) is 11.2 Å². The Labute approximate surface area is 198 Å². The summed E-state index contributed by atoms with van der Waals surface area (Å²) < 4.78 is 1.58. The smallest absolute Gasteiger partial charge is 0.266 e. The number of amides is 1. The number of rotatable bonds is 6. The largest absolute Gasteiger partial charge is 0.337 e. The highest BCUT2D eigenvalue weighted by atomic mass is 32.2. The van der Waals surface area contributed by atoms with Gasteiger partial charge in [0.2, 0.25) is 5.91 Å². The predicted octanol–water partition coefficient (Wildman–Crippen LogP) is 4.77. The Kier molecular flexibility index (Phi) is 6.85. The van der Waals surface area contributed by atoms with E-state index in [1.807, 2.05) is 42.5 Å². The zero-order valence-corrected chi connectivity index (χ0v) is 19.8. The van der Waals surface area contributed by atoms with E-state index in [0.717, 1.165) is 25.7 Å². The lowest BCUT2D eigenvalue weighted by molar-refractivity contribution is -0.121. The summed E-state index contributed by atoms with van der Waals surface area (Å²) in [5.74, 6) is -0.210. The van der Waals surface area contributed by atoms with Gasteiger partial charge in [0.1, 0.15) is 5.54 Å². The van der Waals surface area contributed by atoms with Crippen molar-refractivity contribution in [2.24, 2.45) is 0 Å². The first-order valence-corrected chi connectivity index (χ1v) is 12.4. The van der Waals surface area contributed by atoms with E-state index in [-0.39, 0.29) is 11.5 Å². The number of hydrogen-bond donors (Lipinski definition) is 1. The minimum absolute atomic E-state index is 0.166. The number of carbonyl (C=O) groups is 1. The number of para-hydroxylation sites is 1. The van der Waals surface area contributed by atoms with Crippen LogP contribution in [0.2, 0.25) is 0 Å². The Balaban J connectivity index is 1.69. The molecule has 1 aliphatic carbocycles. The number of aryl methyl sites for hydroxylation is 1. The number of carbonyl (C=O) groups excluding carboxylic acids is 1. The molecule has 2 aromatic carbocycles. The fourth-order valence-corrected chi connectivity index (χ4v) is 5.20. The van der Waals surface area contributed by atoms with E-state index in [1.165, 1.54) is 17.3 Å². The number of thioether (sulfide) groups is 1. The standard InChI is InChI=1S/C26H28N4O2S/c1-3-19-11-13-20(14-12-19)30-24(32)21-9-5-6-10-22(21)28-25(30)33-18(2)23(31)29-26(17-27)15-7-4-8-16-26/h5-6,9-14,18H,3-4,7-8,15-16H2,1-2H3,(H,29,31). The van der Waals surface area contributed by atoms with E-state index in [2.05, 4.69) is 18.3 Å². The Hall–Kier alpha value is -3.11. The van der Waals surface area contributed by atoms with E-state index >= 15 is 0 Å². The molecule has 4 rings (SSSR count). The van der Waals surface area contributed by atoms with E-state index in [1.54, 1.807) is 17.6 Å². The molecule has 0 radical (unpaired) electrons. The van der Waals surface area contributed by atoms with Gasteiger partial charge in [0.25, 0.3) is 5.56 Å². The van der Waals surface area contributed by atoms with Crippen LogP contribution in [0.1, 0.15) is 51.5 Å². The average molecular weight is 461 g/mol. The number of hydrogen-bond acceptors (Lipinski definition) is 5. The second-order valence-electron chi connectivity index (χ2n) is 8.58. The van der Waals surface area contributed by atoms with Crippen molar-refractivity contribution in [1.29, 1.82) is 5.26 Å². The molecule has 1 atom stereocenters. The molecule has 0 bridgehead atoms. The lowest BCUT2D eigenvalue weighted by Crippen LogP contribution is -2.51. The number of fused-ring (bicyclic) bond motifs is 1. The van der Waals surface area contributed by atoms with Crippen LogP contribution in [0.3, 0.4) is 0 Å². The van der Waals surface area contributed by atoms with Crippen molar-refractivity contribution >= 4 is 28.6 Å². The third-order valence-corrected chi connectivity index (χ3v) is 7.34. The van der Waals surface area contributed by atoms with Crippen LogP contribution in [0.4, 0.5) is 0 Å². The van der Waals surface area contributed by atoms with Crippen LogP contribution in [0.15, 0.2) is 58.5 Å². The molecule has 1 aliphatic rings. The zero-order valence-electron chi connectivity index (χ0n) is 19.0. The fourth-order valence-electron chi connectivity index (χ4n) is 4.27. The van der Waals surface area contributed by atoms with Gasteiger partial charge in [0.05, 0.1) is 27.9 Å². The third-order valence-electron chi connectivity index (χ3n) is 6.28. The predicted molar refractivity (Wildman–Crippen MR) is 132 cm³/mol. The Morgan fingerprint density at radius 1 is 1.18 bits per heavy atom. The summed E-state index contributed by atoms with van der Waals surface area (Å²) in [6, 6.07) is 17.4. The van der Waals surface area contributed by atoms with Crippen molar-refractivity contribution in [3.63, 3.8) is 0 Å². The highest BCUT2D eigenvalue weighted by molar-refractivity contribution is 8.00. The second kappa shape index (κ2) is 9.80. The maximum absolute atomic E-state index is 13.4. The monoisotopic (exact) mass is 460 g/mol. The summed E-state index contributed by atoms with van der Waals surface area (Å²) in [7, 11) is 0.